The van der Waals surface area contributed by atoms with Gasteiger partial charge in [-0.2, -0.15) is 0 Å². The average molecular weight is 185 g/mol. The summed E-state index contributed by atoms with van der Waals surface area (Å²) in [7, 11) is 0. The van der Waals surface area contributed by atoms with Gasteiger partial charge in [-0.15, -0.1) is 10.2 Å². The number of rotatable bonds is 2. The molecule has 1 aliphatic rings. The van der Waals surface area contributed by atoms with Gasteiger partial charge in [-0.25, -0.2) is 0 Å². The topological polar surface area (TPSA) is 58.0 Å². The number of aryl methyl sites for hydroxylation is 1. The van der Waals surface area contributed by atoms with E-state index < -0.39 is 0 Å². The van der Waals surface area contributed by atoms with Crippen LogP contribution in [0.3, 0.4) is 0 Å². The zero-order valence-electron chi connectivity index (χ0n) is 6.82. The number of aliphatic hydroxyl groups is 1. The molecule has 2 atom stereocenters. The van der Waals surface area contributed by atoms with E-state index in [0.29, 0.717) is 0 Å². The molecule has 0 amide bonds. The third-order valence-electron chi connectivity index (χ3n) is 2.07. The van der Waals surface area contributed by atoms with Crippen molar-refractivity contribution in [2.24, 2.45) is 0 Å². The van der Waals surface area contributed by atoms with E-state index in [1.165, 1.54) is 11.3 Å². The Morgan fingerprint density at radius 1 is 1.50 bits per heavy atom. The van der Waals surface area contributed by atoms with Gasteiger partial charge in [-0.1, -0.05) is 11.3 Å². The number of aromatic nitrogens is 2. The fourth-order valence-corrected chi connectivity index (χ4v) is 1.82. The highest BCUT2D eigenvalue weighted by molar-refractivity contribution is 7.15. The van der Waals surface area contributed by atoms with Gasteiger partial charge in [-0.3, -0.25) is 0 Å². The molecule has 1 aliphatic carbocycles. The van der Waals surface area contributed by atoms with Gasteiger partial charge in [-0.05, 0) is 19.8 Å². The van der Waals surface area contributed by atoms with Gasteiger partial charge in [0.1, 0.15) is 5.01 Å². The molecule has 66 valence electrons. The summed E-state index contributed by atoms with van der Waals surface area (Å²) in [6.45, 7) is 1.92. The van der Waals surface area contributed by atoms with Crippen LogP contribution in [-0.4, -0.2) is 27.4 Å². The van der Waals surface area contributed by atoms with E-state index in [0.717, 1.165) is 23.0 Å². The van der Waals surface area contributed by atoms with Gasteiger partial charge in [0.25, 0.3) is 0 Å². The molecule has 2 N–H and O–H groups in total. The largest absolute Gasteiger partial charge is 0.391 e. The fourth-order valence-electron chi connectivity index (χ4n) is 1.16. The van der Waals surface area contributed by atoms with Crippen molar-refractivity contribution in [3.8, 4) is 0 Å². The van der Waals surface area contributed by atoms with Crippen LogP contribution in [0.15, 0.2) is 0 Å². The maximum Gasteiger partial charge on any atom is 0.205 e. The van der Waals surface area contributed by atoms with Crippen LogP contribution in [-0.2, 0) is 0 Å². The van der Waals surface area contributed by atoms with Gasteiger partial charge in [0.2, 0.25) is 5.13 Å². The third kappa shape index (κ3) is 1.42. The minimum Gasteiger partial charge on any atom is -0.391 e. The lowest BCUT2D eigenvalue weighted by Crippen LogP contribution is -2.42. The Bertz CT molecular complexity index is 275. The van der Waals surface area contributed by atoms with Crippen LogP contribution in [0.1, 0.15) is 17.8 Å². The van der Waals surface area contributed by atoms with Crippen LogP contribution in [0.5, 0.6) is 0 Å². The van der Waals surface area contributed by atoms with E-state index in [2.05, 4.69) is 15.5 Å². The number of nitrogens with zero attached hydrogens (tertiary/aromatic N) is 2. The Balaban J connectivity index is 1.95. The van der Waals surface area contributed by atoms with E-state index in [-0.39, 0.29) is 12.1 Å². The lowest BCUT2D eigenvalue weighted by molar-refractivity contribution is 0.0786. The predicted octanol–water partition coefficient (Wildman–Crippen LogP) is 0.782. The zero-order valence-corrected chi connectivity index (χ0v) is 7.64. The van der Waals surface area contributed by atoms with Crippen molar-refractivity contribution in [2.75, 3.05) is 5.32 Å². The molecular weight excluding hydrogens is 174 g/mol. The summed E-state index contributed by atoms with van der Waals surface area (Å²) in [6.07, 6.45) is 1.73. The summed E-state index contributed by atoms with van der Waals surface area (Å²) < 4.78 is 0. The second kappa shape index (κ2) is 2.99. The summed E-state index contributed by atoms with van der Waals surface area (Å²) >= 11 is 1.52. The first-order valence-corrected chi connectivity index (χ1v) is 4.82. The number of aliphatic hydroxyl groups excluding tert-OH is 1. The van der Waals surface area contributed by atoms with Gasteiger partial charge < -0.3 is 10.4 Å². The fraction of sp³-hybridized carbons (Fsp3) is 0.714. The van der Waals surface area contributed by atoms with Gasteiger partial charge in [0, 0.05) is 0 Å². The summed E-state index contributed by atoms with van der Waals surface area (Å²) in [5, 5.41) is 22.0. The molecule has 0 aliphatic heterocycles. The van der Waals surface area contributed by atoms with Gasteiger partial charge in [0.05, 0.1) is 12.1 Å². The number of hydrogen-bond donors (Lipinski definition) is 2. The molecule has 5 heteroatoms. The Morgan fingerprint density at radius 3 is 2.75 bits per heavy atom. The zero-order chi connectivity index (χ0) is 8.55. The summed E-state index contributed by atoms with van der Waals surface area (Å²) in [5.41, 5.74) is 0. The maximum absolute atomic E-state index is 9.27. The Labute approximate surface area is 74.6 Å². The minimum atomic E-state index is -0.200. The van der Waals surface area contributed by atoms with Crippen molar-refractivity contribution in [3.05, 3.63) is 5.01 Å². The molecule has 2 rings (SSSR count). The van der Waals surface area contributed by atoms with Crippen LogP contribution < -0.4 is 5.32 Å². The molecule has 0 radical (unpaired) electrons. The van der Waals surface area contributed by atoms with Crippen LogP contribution in [0.4, 0.5) is 5.13 Å². The monoisotopic (exact) mass is 185 g/mol. The average Bonchev–Trinajstić information content (AvgIpc) is 2.44. The Kier molecular flexibility index (Phi) is 1.98. The molecule has 0 spiro atoms. The maximum atomic E-state index is 9.27. The quantitative estimate of drug-likeness (QED) is 0.715. The first kappa shape index (κ1) is 7.94. The van der Waals surface area contributed by atoms with Crippen molar-refractivity contribution in [2.45, 2.75) is 31.9 Å². The highest BCUT2D eigenvalue weighted by atomic mass is 32.1. The Morgan fingerprint density at radius 2 is 2.33 bits per heavy atom. The summed E-state index contributed by atoms with van der Waals surface area (Å²) in [6, 6.07) is 0.192. The molecule has 1 saturated carbocycles. The molecule has 1 heterocycles. The van der Waals surface area contributed by atoms with Crippen LogP contribution in [0.25, 0.3) is 0 Å². The smallest absolute Gasteiger partial charge is 0.205 e. The van der Waals surface area contributed by atoms with E-state index in [1.54, 1.807) is 0 Å². The van der Waals surface area contributed by atoms with Crippen LogP contribution in [0.2, 0.25) is 0 Å². The van der Waals surface area contributed by atoms with Gasteiger partial charge in [0.15, 0.2) is 0 Å². The lowest BCUT2D eigenvalue weighted by Gasteiger charge is -2.32. The molecule has 1 aromatic heterocycles. The predicted molar refractivity (Wildman–Crippen MR) is 47.3 cm³/mol. The van der Waals surface area contributed by atoms with E-state index in [1.807, 2.05) is 6.92 Å². The highest BCUT2D eigenvalue weighted by Crippen LogP contribution is 2.25. The highest BCUT2D eigenvalue weighted by Gasteiger charge is 2.29. The molecule has 1 fully saturated rings. The molecule has 1 aromatic rings. The molecule has 12 heavy (non-hydrogen) atoms. The first-order chi connectivity index (χ1) is 5.75. The minimum absolute atomic E-state index is 0.192. The lowest BCUT2D eigenvalue weighted by atomic mass is 9.89. The van der Waals surface area contributed by atoms with Crippen molar-refractivity contribution in [1.82, 2.24) is 10.2 Å². The van der Waals surface area contributed by atoms with E-state index in [9.17, 15) is 5.11 Å². The van der Waals surface area contributed by atoms with E-state index in [4.69, 9.17) is 0 Å². The molecule has 2 unspecified atom stereocenters. The molecule has 4 nitrogen and oxygen atoms in total. The SMILES string of the molecule is Cc1nnc(NC2CCC2O)s1. The number of hydrogen-bond acceptors (Lipinski definition) is 5. The van der Waals surface area contributed by atoms with Crippen molar-refractivity contribution < 1.29 is 5.11 Å². The molecular formula is C7H11N3OS. The van der Waals surface area contributed by atoms with Crippen molar-refractivity contribution >= 4 is 16.5 Å². The normalized spacial score (nSPS) is 28.2. The molecule has 0 bridgehead atoms. The number of anilines is 1. The standard InChI is InChI=1S/C7H11N3OS/c1-4-9-10-7(12-4)8-5-2-3-6(5)11/h5-6,11H,2-3H2,1H3,(H,8,10). The molecule has 0 saturated heterocycles. The Hall–Kier alpha value is -0.680. The summed E-state index contributed by atoms with van der Waals surface area (Å²) in [5.74, 6) is 0. The number of nitrogens with one attached hydrogen (secondary N) is 1. The molecule has 0 aromatic carbocycles. The van der Waals surface area contributed by atoms with Gasteiger partial charge >= 0.3 is 0 Å². The third-order valence-corrected chi connectivity index (χ3v) is 2.84. The first-order valence-electron chi connectivity index (χ1n) is 4.00. The van der Waals surface area contributed by atoms with Crippen LogP contribution >= 0.6 is 11.3 Å². The summed E-state index contributed by atoms with van der Waals surface area (Å²) in [4.78, 5) is 0. The van der Waals surface area contributed by atoms with Crippen molar-refractivity contribution in [3.63, 3.8) is 0 Å². The van der Waals surface area contributed by atoms with E-state index >= 15 is 0 Å². The van der Waals surface area contributed by atoms with Crippen LogP contribution in [0, 0.1) is 6.92 Å². The second-order valence-corrected chi connectivity index (χ2v) is 4.20. The second-order valence-electron chi connectivity index (χ2n) is 3.02. The van der Waals surface area contributed by atoms with Crippen molar-refractivity contribution in [1.29, 1.82) is 0 Å².